The zero-order valence-electron chi connectivity index (χ0n) is 15.5. The van der Waals surface area contributed by atoms with Crippen LogP contribution in [-0.4, -0.2) is 28.2 Å². The lowest BCUT2D eigenvalue weighted by Gasteiger charge is -2.08. The molecule has 0 aliphatic carbocycles. The summed E-state index contributed by atoms with van der Waals surface area (Å²) >= 11 is 0. The molecule has 0 radical (unpaired) electrons. The highest BCUT2D eigenvalue weighted by Crippen LogP contribution is 2.33. The van der Waals surface area contributed by atoms with E-state index >= 15 is 0 Å². The van der Waals surface area contributed by atoms with Crippen molar-refractivity contribution in [2.45, 2.75) is 26.7 Å². The maximum absolute atomic E-state index is 14.7. The van der Waals surface area contributed by atoms with E-state index in [0.717, 1.165) is 12.1 Å². The Labute approximate surface area is 160 Å². The third-order valence-corrected chi connectivity index (χ3v) is 4.48. The van der Waals surface area contributed by atoms with Crippen molar-refractivity contribution in [3.63, 3.8) is 0 Å². The first-order chi connectivity index (χ1) is 13.3. The molecular formula is C21H19F2NO4. The third-order valence-electron chi connectivity index (χ3n) is 4.48. The molecule has 0 amide bonds. The van der Waals surface area contributed by atoms with Crippen molar-refractivity contribution in [1.82, 2.24) is 4.57 Å². The van der Waals surface area contributed by atoms with Crippen molar-refractivity contribution >= 4 is 22.8 Å². The molecule has 5 nitrogen and oxygen atoms in total. The second kappa shape index (κ2) is 7.80. The first-order valence-electron chi connectivity index (χ1n) is 8.82. The number of carbonyl (C=O) groups is 2. The average Bonchev–Trinajstić information content (AvgIpc) is 2.94. The molecular weight excluding hydrogens is 368 g/mol. The van der Waals surface area contributed by atoms with Gasteiger partial charge in [0, 0.05) is 16.6 Å². The van der Waals surface area contributed by atoms with Gasteiger partial charge in [-0.2, -0.15) is 0 Å². The number of esters is 1. The van der Waals surface area contributed by atoms with Crippen LogP contribution in [0.4, 0.5) is 8.78 Å². The molecule has 1 N–H and O–H groups in total. The Hall–Kier alpha value is -3.22. The standard InChI is InChI=1S/C21H19F2NO4/c1-3-9-28-18(26)11-15-12(2)24(16-7-8-17(25)20(23)19(15)16)21(27)13-5-4-6-14(22)10-13/h4-8,10,25H,3,9,11H2,1-2H3. The second-order valence-corrected chi connectivity index (χ2v) is 6.40. The Bertz CT molecular complexity index is 1070. The lowest BCUT2D eigenvalue weighted by atomic mass is 10.1. The minimum absolute atomic E-state index is 0.0318. The van der Waals surface area contributed by atoms with Gasteiger partial charge in [-0.3, -0.25) is 14.2 Å². The summed E-state index contributed by atoms with van der Waals surface area (Å²) in [5.41, 5.74) is 0.824. The minimum Gasteiger partial charge on any atom is -0.505 e. The number of fused-ring (bicyclic) bond motifs is 1. The number of aromatic hydroxyl groups is 1. The van der Waals surface area contributed by atoms with Crippen LogP contribution in [0.5, 0.6) is 5.75 Å². The largest absolute Gasteiger partial charge is 0.505 e. The maximum Gasteiger partial charge on any atom is 0.310 e. The molecule has 0 saturated heterocycles. The van der Waals surface area contributed by atoms with Gasteiger partial charge in [-0.1, -0.05) is 13.0 Å². The number of rotatable bonds is 5. The van der Waals surface area contributed by atoms with Crippen molar-refractivity contribution in [2.24, 2.45) is 0 Å². The number of carbonyl (C=O) groups excluding carboxylic acids is 2. The van der Waals surface area contributed by atoms with Gasteiger partial charge < -0.3 is 9.84 Å². The van der Waals surface area contributed by atoms with Crippen LogP contribution in [0.25, 0.3) is 10.9 Å². The number of aromatic nitrogens is 1. The van der Waals surface area contributed by atoms with E-state index in [9.17, 15) is 23.5 Å². The van der Waals surface area contributed by atoms with Crippen molar-refractivity contribution in [3.8, 4) is 5.75 Å². The van der Waals surface area contributed by atoms with Gasteiger partial charge in [0.05, 0.1) is 18.5 Å². The highest BCUT2D eigenvalue weighted by Gasteiger charge is 2.25. The molecule has 28 heavy (non-hydrogen) atoms. The number of halogens is 2. The fourth-order valence-electron chi connectivity index (χ4n) is 3.16. The summed E-state index contributed by atoms with van der Waals surface area (Å²) in [5, 5.41) is 9.74. The van der Waals surface area contributed by atoms with Crippen LogP contribution < -0.4 is 0 Å². The van der Waals surface area contributed by atoms with Gasteiger partial charge in [-0.15, -0.1) is 0 Å². The molecule has 2 aromatic carbocycles. The van der Waals surface area contributed by atoms with E-state index in [-0.39, 0.29) is 35.1 Å². The van der Waals surface area contributed by atoms with E-state index in [4.69, 9.17) is 4.74 Å². The highest BCUT2D eigenvalue weighted by atomic mass is 19.1. The van der Waals surface area contributed by atoms with Crippen LogP contribution in [0.3, 0.4) is 0 Å². The van der Waals surface area contributed by atoms with E-state index in [1.54, 1.807) is 6.92 Å². The van der Waals surface area contributed by atoms with E-state index in [0.29, 0.717) is 12.1 Å². The summed E-state index contributed by atoms with van der Waals surface area (Å²) in [6.07, 6.45) is 0.381. The van der Waals surface area contributed by atoms with E-state index in [1.165, 1.54) is 28.8 Å². The fourth-order valence-corrected chi connectivity index (χ4v) is 3.16. The molecule has 7 heteroatoms. The van der Waals surface area contributed by atoms with Gasteiger partial charge in [0.1, 0.15) is 5.82 Å². The molecule has 0 spiro atoms. The topological polar surface area (TPSA) is 68.5 Å². The van der Waals surface area contributed by atoms with E-state index in [2.05, 4.69) is 0 Å². The molecule has 0 atom stereocenters. The third kappa shape index (κ3) is 3.47. The van der Waals surface area contributed by atoms with Gasteiger partial charge in [-0.05, 0) is 49.2 Å². The van der Waals surface area contributed by atoms with Crippen molar-refractivity contribution in [1.29, 1.82) is 0 Å². The van der Waals surface area contributed by atoms with Crippen LogP contribution in [0, 0.1) is 18.6 Å². The molecule has 0 bridgehead atoms. The summed E-state index contributed by atoms with van der Waals surface area (Å²) in [5.74, 6) is -3.23. The first-order valence-corrected chi connectivity index (χ1v) is 8.82. The molecule has 0 unspecified atom stereocenters. The highest BCUT2D eigenvalue weighted by molar-refractivity contribution is 6.05. The normalized spacial score (nSPS) is 11.0. The number of benzene rings is 2. The van der Waals surface area contributed by atoms with Gasteiger partial charge >= 0.3 is 5.97 Å². The van der Waals surface area contributed by atoms with E-state index < -0.39 is 29.3 Å². The lowest BCUT2D eigenvalue weighted by molar-refractivity contribution is -0.142. The Balaban J connectivity index is 2.18. The fraction of sp³-hybridized carbons (Fsp3) is 0.238. The Kier molecular flexibility index (Phi) is 5.44. The van der Waals surface area contributed by atoms with E-state index in [1.807, 2.05) is 6.92 Å². The van der Waals surface area contributed by atoms with Crippen LogP contribution >= 0.6 is 0 Å². The Morgan fingerprint density at radius 3 is 2.61 bits per heavy atom. The van der Waals surface area contributed by atoms with Crippen molar-refractivity contribution < 1.29 is 28.2 Å². The zero-order chi connectivity index (χ0) is 20.4. The van der Waals surface area contributed by atoms with Crippen LogP contribution in [-0.2, 0) is 16.0 Å². The summed E-state index contributed by atoms with van der Waals surface area (Å²) in [4.78, 5) is 25.1. The quantitative estimate of drug-likeness (QED) is 0.669. The first kappa shape index (κ1) is 19.5. The second-order valence-electron chi connectivity index (χ2n) is 6.40. The lowest BCUT2D eigenvalue weighted by Crippen LogP contribution is -2.15. The van der Waals surface area contributed by atoms with Gasteiger partial charge in [0.25, 0.3) is 5.91 Å². The molecule has 0 aliphatic rings. The summed E-state index contributed by atoms with van der Waals surface area (Å²) in [6, 6.07) is 7.66. The molecule has 3 aromatic rings. The smallest absolute Gasteiger partial charge is 0.310 e. The average molecular weight is 387 g/mol. The number of phenolic OH excluding ortho intramolecular Hbond substituents is 1. The summed E-state index contributed by atoms with van der Waals surface area (Å²) < 4.78 is 34.5. The molecule has 0 saturated carbocycles. The minimum atomic E-state index is -0.926. The number of nitrogens with zero attached hydrogens (tertiary/aromatic N) is 1. The van der Waals surface area contributed by atoms with Gasteiger partial charge in [-0.25, -0.2) is 8.78 Å². The molecule has 0 fully saturated rings. The maximum atomic E-state index is 14.7. The molecule has 1 aromatic heterocycles. The Morgan fingerprint density at radius 2 is 1.93 bits per heavy atom. The monoisotopic (exact) mass is 387 g/mol. The number of hydrogen-bond acceptors (Lipinski definition) is 4. The predicted molar refractivity (Wildman–Crippen MR) is 99.4 cm³/mol. The number of phenols is 1. The molecule has 0 aliphatic heterocycles. The SMILES string of the molecule is CCCOC(=O)Cc1c(C)n(C(=O)c2cccc(F)c2)c2ccc(O)c(F)c12. The van der Waals surface area contributed by atoms with Crippen molar-refractivity contribution in [3.05, 3.63) is 64.9 Å². The Morgan fingerprint density at radius 1 is 1.18 bits per heavy atom. The van der Waals surface area contributed by atoms with Gasteiger partial charge in [0.2, 0.25) is 0 Å². The molecule has 146 valence electrons. The molecule has 3 rings (SSSR count). The number of ether oxygens (including phenoxy) is 1. The summed E-state index contributed by atoms with van der Waals surface area (Å²) in [6.45, 7) is 3.64. The molecule has 1 heterocycles. The van der Waals surface area contributed by atoms with Crippen LogP contribution in [0.2, 0.25) is 0 Å². The summed E-state index contributed by atoms with van der Waals surface area (Å²) in [7, 11) is 0. The van der Waals surface area contributed by atoms with Crippen molar-refractivity contribution in [2.75, 3.05) is 6.61 Å². The van der Waals surface area contributed by atoms with Crippen LogP contribution in [0.15, 0.2) is 36.4 Å². The number of hydrogen-bond donors (Lipinski definition) is 1. The predicted octanol–water partition coefficient (Wildman–Crippen LogP) is 4.12. The van der Waals surface area contributed by atoms with Crippen LogP contribution in [0.1, 0.15) is 35.0 Å². The van der Waals surface area contributed by atoms with Gasteiger partial charge in [0.15, 0.2) is 11.6 Å². The zero-order valence-corrected chi connectivity index (χ0v) is 15.5.